The normalized spacial score (nSPS) is 11.6. The van der Waals surface area contributed by atoms with Gasteiger partial charge >= 0.3 is 5.97 Å². The Labute approximate surface area is 154 Å². The quantitative estimate of drug-likeness (QED) is 0.585. The van der Waals surface area contributed by atoms with Crippen LogP contribution in [0.15, 0.2) is 30.5 Å². The van der Waals surface area contributed by atoms with Crippen molar-refractivity contribution in [1.82, 2.24) is 4.98 Å². The minimum Gasteiger partial charge on any atom is -0.453 e. The lowest BCUT2D eigenvalue weighted by atomic mass is 10.2. The lowest BCUT2D eigenvalue weighted by molar-refractivity contribution is -0.153. The number of aryl methyl sites for hydroxylation is 1. The number of aromatic nitrogens is 1. The molecule has 0 saturated carbocycles. The lowest BCUT2D eigenvalue weighted by Crippen LogP contribution is -2.30. The van der Waals surface area contributed by atoms with Crippen molar-refractivity contribution in [1.29, 1.82) is 0 Å². The van der Waals surface area contributed by atoms with Crippen molar-refractivity contribution in [2.24, 2.45) is 0 Å². The molecule has 132 valence electrons. The maximum absolute atomic E-state index is 12.0. The molecule has 0 aliphatic carbocycles. The first-order valence-electron chi connectivity index (χ1n) is 7.56. The summed E-state index contributed by atoms with van der Waals surface area (Å²) in [4.78, 5) is 41.3. The highest BCUT2D eigenvalue weighted by molar-refractivity contribution is 7.14. The summed E-state index contributed by atoms with van der Waals surface area (Å²) in [5.41, 5.74) is 0. The zero-order valence-corrected chi connectivity index (χ0v) is 15.3. The van der Waals surface area contributed by atoms with Crippen LogP contribution in [-0.2, 0) is 14.3 Å². The highest BCUT2D eigenvalue weighted by Gasteiger charge is 2.19. The molecule has 25 heavy (non-hydrogen) atoms. The van der Waals surface area contributed by atoms with Gasteiger partial charge in [0, 0.05) is 17.5 Å². The molecule has 0 bridgehead atoms. The predicted octanol–water partition coefficient (Wildman–Crippen LogP) is 3.64. The minimum atomic E-state index is -0.996. The summed E-state index contributed by atoms with van der Waals surface area (Å²) < 4.78 is 5.05. The van der Waals surface area contributed by atoms with Gasteiger partial charge in [0.25, 0.3) is 5.91 Å². The van der Waals surface area contributed by atoms with Crippen molar-refractivity contribution in [3.63, 3.8) is 0 Å². The number of Topliss-reactive ketones (excluding diaryl/α,β-unsaturated/α-hetero) is 1. The Hall–Kier alpha value is -2.25. The molecule has 2 rings (SSSR count). The van der Waals surface area contributed by atoms with Crippen LogP contribution in [0.5, 0.6) is 0 Å². The van der Waals surface area contributed by atoms with Crippen LogP contribution in [0.1, 0.15) is 34.3 Å². The van der Waals surface area contributed by atoms with Gasteiger partial charge in [0.1, 0.15) is 5.82 Å². The fraction of sp³-hybridized carbons (Fsp3) is 0.294. The topological polar surface area (TPSA) is 85.4 Å². The number of halogens is 1. The molecule has 0 fully saturated rings. The van der Waals surface area contributed by atoms with Gasteiger partial charge in [-0.1, -0.05) is 11.6 Å². The van der Waals surface area contributed by atoms with Crippen LogP contribution in [0.25, 0.3) is 0 Å². The van der Waals surface area contributed by atoms with E-state index in [0.717, 1.165) is 4.88 Å². The molecule has 1 atom stereocenters. The summed E-state index contributed by atoms with van der Waals surface area (Å²) in [6.07, 6.45) is 0.369. The number of pyridine rings is 1. The van der Waals surface area contributed by atoms with Gasteiger partial charge in [0.2, 0.25) is 0 Å². The number of ketones is 1. The van der Waals surface area contributed by atoms with Crippen LogP contribution in [0.2, 0.25) is 5.02 Å². The smallest absolute Gasteiger partial charge is 0.307 e. The Morgan fingerprint density at radius 2 is 2.00 bits per heavy atom. The van der Waals surface area contributed by atoms with E-state index in [-0.39, 0.29) is 18.6 Å². The summed E-state index contributed by atoms with van der Waals surface area (Å²) in [5, 5.41) is 2.96. The largest absolute Gasteiger partial charge is 0.453 e. The van der Waals surface area contributed by atoms with E-state index in [1.54, 1.807) is 12.1 Å². The second-order valence-corrected chi connectivity index (χ2v) is 7.04. The number of nitrogens with one attached hydrogen (secondary N) is 1. The monoisotopic (exact) mass is 380 g/mol. The molecule has 2 aromatic heterocycles. The molecule has 0 radical (unpaired) electrons. The number of nitrogens with zero attached hydrogens (tertiary/aromatic N) is 1. The van der Waals surface area contributed by atoms with Crippen LogP contribution in [0.3, 0.4) is 0 Å². The minimum absolute atomic E-state index is 0.0475. The Balaban J connectivity index is 1.78. The molecule has 1 amide bonds. The summed E-state index contributed by atoms with van der Waals surface area (Å²) in [7, 11) is 0. The maximum atomic E-state index is 12.0. The fourth-order valence-corrected chi connectivity index (χ4v) is 2.86. The zero-order valence-electron chi connectivity index (χ0n) is 13.7. The van der Waals surface area contributed by atoms with Crippen LogP contribution < -0.4 is 5.32 Å². The van der Waals surface area contributed by atoms with Gasteiger partial charge in [-0.3, -0.25) is 14.4 Å². The second-order valence-electron chi connectivity index (χ2n) is 5.32. The van der Waals surface area contributed by atoms with Crippen molar-refractivity contribution in [3.8, 4) is 0 Å². The summed E-state index contributed by atoms with van der Waals surface area (Å²) in [5.74, 6) is -0.921. The highest BCUT2D eigenvalue weighted by atomic mass is 35.5. The Morgan fingerprint density at radius 1 is 1.24 bits per heavy atom. The third kappa shape index (κ3) is 5.95. The first kappa shape index (κ1) is 19.1. The molecule has 0 aliphatic rings. The first-order chi connectivity index (χ1) is 11.8. The standard InChI is InChI=1S/C17H17ClN2O4S/c1-10-3-6-14(25-10)13(21)5-8-16(22)24-11(2)17(23)20-15-7-4-12(18)9-19-15/h3-4,6-7,9,11H,5,8H2,1-2H3,(H,19,20,23)/t11-/m0/s1. The number of carbonyl (C=O) groups is 3. The fourth-order valence-electron chi connectivity index (χ4n) is 1.91. The number of hydrogen-bond donors (Lipinski definition) is 1. The number of hydrogen-bond acceptors (Lipinski definition) is 6. The van der Waals surface area contributed by atoms with Crippen molar-refractivity contribution < 1.29 is 19.1 Å². The van der Waals surface area contributed by atoms with Crippen LogP contribution in [-0.4, -0.2) is 28.7 Å². The van der Waals surface area contributed by atoms with E-state index in [0.29, 0.717) is 15.7 Å². The molecular weight excluding hydrogens is 364 g/mol. The van der Waals surface area contributed by atoms with Crippen molar-refractivity contribution in [2.45, 2.75) is 32.8 Å². The number of esters is 1. The molecule has 0 spiro atoms. The van der Waals surface area contributed by atoms with E-state index in [4.69, 9.17) is 16.3 Å². The third-order valence-electron chi connectivity index (χ3n) is 3.23. The zero-order chi connectivity index (χ0) is 18.4. The maximum Gasteiger partial charge on any atom is 0.307 e. The Bertz CT molecular complexity index is 773. The van der Waals surface area contributed by atoms with Crippen molar-refractivity contribution >= 4 is 46.4 Å². The van der Waals surface area contributed by atoms with Gasteiger partial charge in [-0.15, -0.1) is 11.3 Å². The van der Waals surface area contributed by atoms with E-state index in [9.17, 15) is 14.4 Å². The first-order valence-corrected chi connectivity index (χ1v) is 8.76. The lowest BCUT2D eigenvalue weighted by Gasteiger charge is -2.13. The average molecular weight is 381 g/mol. The molecule has 0 unspecified atom stereocenters. The molecule has 1 N–H and O–H groups in total. The Kier molecular flexibility index (Phi) is 6.66. The second kappa shape index (κ2) is 8.73. The number of thiophene rings is 1. The van der Waals surface area contributed by atoms with E-state index in [1.165, 1.54) is 30.5 Å². The van der Waals surface area contributed by atoms with Crippen LogP contribution in [0.4, 0.5) is 5.82 Å². The highest BCUT2D eigenvalue weighted by Crippen LogP contribution is 2.17. The summed E-state index contributed by atoms with van der Waals surface area (Å²) in [6.45, 7) is 3.36. The van der Waals surface area contributed by atoms with Gasteiger partial charge in [-0.2, -0.15) is 0 Å². The number of amides is 1. The molecule has 2 heterocycles. The number of carbonyl (C=O) groups excluding carboxylic acids is 3. The van der Waals surface area contributed by atoms with Crippen molar-refractivity contribution in [3.05, 3.63) is 45.2 Å². The van der Waals surface area contributed by atoms with Gasteiger partial charge in [-0.05, 0) is 38.1 Å². The molecule has 0 aliphatic heterocycles. The molecule has 8 heteroatoms. The van der Waals surface area contributed by atoms with Gasteiger partial charge in [0.15, 0.2) is 11.9 Å². The molecule has 0 saturated heterocycles. The molecule has 6 nitrogen and oxygen atoms in total. The summed E-state index contributed by atoms with van der Waals surface area (Å²) in [6, 6.07) is 6.71. The van der Waals surface area contributed by atoms with Crippen molar-refractivity contribution in [2.75, 3.05) is 5.32 Å². The van der Waals surface area contributed by atoms with E-state index in [1.807, 2.05) is 13.0 Å². The molecule has 0 aromatic carbocycles. The molecule has 2 aromatic rings. The summed E-state index contributed by atoms with van der Waals surface area (Å²) >= 11 is 7.10. The SMILES string of the molecule is Cc1ccc(C(=O)CCC(=O)O[C@@H](C)C(=O)Nc2ccc(Cl)cn2)s1. The predicted molar refractivity (Wildman–Crippen MR) is 96.1 cm³/mol. The van der Waals surface area contributed by atoms with E-state index >= 15 is 0 Å². The average Bonchev–Trinajstić information content (AvgIpc) is 3.01. The van der Waals surface area contributed by atoms with Gasteiger partial charge in [0.05, 0.1) is 16.3 Å². The van der Waals surface area contributed by atoms with E-state index < -0.39 is 18.0 Å². The van der Waals surface area contributed by atoms with Gasteiger partial charge in [-0.25, -0.2) is 4.98 Å². The van der Waals surface area contributed by atoms with Gasteiger partial charge < -0.3 is 10.1 Å². The van der Waals surface area contributed by atoms with E-state index in [2.05, 4.69) is 10.3 Å². The number of rotatable bonds is 7. The third-order valence-corrected chi connectivity index (χ3v) is 4.49. The van der Waals surface area contributed by atoms with Crippen LogP contribution >= 0.6 is 22.9 Å². The number of anilines is 1. The Morgan fingerprint density at radius 3 is 2.60 bits per heavy atom. The van der Waals surface area contributed by atoms with Crippen LogP contribution in [0, 0.1) is 6.92 Å². The number of ether oxygens (including phenoxy) is 1. The molecular formula is C17H17ClN2O4S.